The summed E-state index contributed by atoms with van der Waals surface area (Å²) in [6, 6.07) is 27.0. The number of benzene rings is 4. The van der Waals surface area contributed by atoms with Crippen molar-refractivity contribution in [3.05, 3.63) is 116 Å². The molecule has 0 unspecified atom stereocenters. The van der Waals surface area contributed by atoms with Crippen LogP contribution in [0.25, 0.3) is 22.3 Å². The molecule has 0 spiro atoms. The summed E-state index contributed by atoms with van der Waals surface area (Å²) in [7, 11) is 0. The van der Waals surface area contributed by atoms with E-state index in [-0.39, 0.29) is 18.1 Å². The van der Waals surface area contributed by atoms with E-state index in [1.54, 1.807) is 48.7 Å². The third-order valence-electron chi connectivity index (χ3n) is 5.92. The van der Waals surface area contributed by atoms with E-state index in [1.807, 2.05) is 55.5 Å². The molecule has 1 amide bonds. The van der Waals surface area contributed by atoms with Gasteiger partial charge in [-0.25, -0.2) is 4.98 Å². The van der Waals surface area contributed by atoms with Gasteiger partial charge in [-0.2, -0.15) is 9.78 Å². The van der Waals surface area contributed by atoms with Crippen molar-refractivity contribution in [3.8, 4) is 22.9 Å². The van der Waals surface area contributed by atoms with Crippen LogP contribution in [-0.2, 0) is 4.79 Å². The summed E-state index contributed by atoms with van der Waals surface area (Å²) >= 11 is 8.03. The third-order valence-corrected chi connectivity index (χ3v) is 6.97. The predicted molar refractivity (Wildman–Crippen MR) is 170 cm³/mol. The Balaban J connectivity index is 1.44. The zero-order valence-electron chi connectivity index (χ0n) is 21.9. The molecule has 0 saturated carbocycles. The number of nitrogens with one attached hydrogen (secondary N) is 1. The molecule has 0 aliphatic rings. The molecule has 8 nitrogen and oxygen atoms in total. The smallest absolute Gasteiger partial charge is 0.282 e. The second-order valence-electron chi connectivity index (χ2n) is 8.79. The molecule has 1 N–H and O–H groups in total. The molecule has 0 saturated heterocycles. The number of halogens is 2. The molecule has 10 heteroatoms. The lowest BCUT2D eigenvalue weighted by Gasteiger charge is -2.15. The number of hydrogen-bond donors (Lipinski definition) is 1. The molecule has 0 bridgehead atoms. The second kappa shape index (κ2) is 13.0. The lowest BCUT2D eigenvalue weighted by Crippen LogP contribution is -2.21. The zero-order chi connectivity index (χ0) is 28.8. The fourth-order valence-electron chi connectivity index (χ4n) is 4.06. The topological polar surface area (TPSA) is 94.8 Å². The summed E-state index contributed by atoms with van der Waals surface area (Å²) in [4.78, 5) is 30.7. The quantitative estimate of drug-likeness (QED) is 0.140. The van der Waals surface area contributed by atoms with Gasteiger partial charge in [-0.05, 0) is 83.6 Å². The van der Waals surface area contributed by atoms with Crippen molar-refractivity contribution in [1.29, 1.82) is 0 Å². The fraction of sp³-hybridized carbons (Fsp3) is 0.0968. The highest BCUT2D eigenvalue weighted by atomic mass is 127. The molecule has 5 aromatic rings. The lowest BCUT2D eigenvalue weighted by atomic mass is 10.2. The lowest BCUT2D eigenvalue weighted by molar-refractivity contribution is -0.118. The van der Waals surface area contributed by atoms with Gasteiger partial charge in [0, 0.05) is 16.3 Å². The molecular formula is C31H24ClIN4O4. The molecule has 4 aromatic carbocycles. The van der Waals surface area contributed by atoms with Gasteiger partial charge in [0.15, 0.2) is 23.9 Å². The summed E-state index contributed by atoms with van der Waals surface area (Å²) in [5, 5.41) is 8.36. The van der Waals surface area contributed by atoms with E-state index in [1.165, 1.54) is 4.68 Å². The number of para-hydroxylation sites is 1. The van der Waals surface area contributed by atoms with Crippen LogP contribution in [0.4, 0.5) is 5.69 Å². The van der Waals surface area contributed by atoms with E-state index in [0.717, 1.165) is 5.56 Å². The molecule has 41 heavy (non-hydrogen) atoms. The minimum absolute atomic E-state index is 0.218. The Hall–Kier alpha value is -4.22. The predicted octanol–water partition coefficient (Wildman–Crippen LogP) is 6.62. The van der Waals surface area contributed by atoms with E-state index in [4.69, 9.17) is 26.1 Å². The van der Waals surface area contributed by atoms with Gasteiger partial charge in [-0.1, -0.05) is 54.1 Å². The Morgan fingerprint density at radius 1 is 1.02 bits per heavy atom. The number of anilines is 1. The number of nitrogens with zero attached hydrogens (tertiary/aromatic N) is 3. The van der Waals surface area contributed by atoms with E-state index in [0.29, 0.717) is 54.7 Å². The first kappa shape index (κ1) is 28.3. The summed E-state index contributed by atoms with van der Waals surface area (Å²) in [5.41, 5.74) is 2.37. The van der Waals surface area contributed by atoms with Crippen LogP contribution in [0.5, 0.6) is 11.5 Å². The SMILES string of the molecule is CCOc1cc(C=Nn2c(-c3ccccc3)nc3ccccc3c2=O)cc(I)c1OCC(=O)Nc1ccc(Cl)cc1. The van der Waals surface area contributed by atoms with Crippen molar-refractivity contribution in [3.63, 3.8) is 0 Å². The molecule has 0 fully saturated rings. The first-order chi connectivity index (χ1) is 19.9. The number of carbonyl (C=O) groups excluding carboxylic acids is 1. The zero-order valence-corrected chi connectivity index (χ0v) is 24.8. The van der Waals surface area contributed by atoms with Gasteiger partial charge in [0.1, 0.15) is 0 Å². The van der Waals surface area contributed by atoms with E-state index in [2.05, 4.69) is 33.0 Å². The van der Waals surface area contributed by atoms with Crippen molar-refractivity contribution in [1.82, 2.24) is 9.66 Å². The number of ether oxygens (including phenoxy) is 2. The molecule has 0 aliphatic carbocycles. The van der Waals surface area contributed by atoms with Gasteiger partial charge >= 0.3 is 0 Å². The third kappa shape index (κ3) is 6.75. The summed E-state index contributed by atoms with van der Waals surface area (Å²) in [6.45, 7) is 2.03. The molecular weight excluding hydrogens is 655 g/mol. The second-order valence-corrected chi connectivity index (χ2v) is 10.4. The highest BCUT2D eigenvalue weighted by molar-refractivity contribution is 14.1. The van der Waals surface area contributed by atoms with E-state index in [9.17, 15) is 9.59 Å². The molecule has 1 aromatic heterocycles. The van der Waals surface area contributed by atoms with Gasteiger partial charge in [0.25, 0.3) is 11.5 Å². The summed E-state index contributed by atoms with van der Waals surface area (Å²) in [5.74, 6) is 0.988. The number of carbonyl (C=O) groups is 1. The van der Waals surface area contributed by atoms with E-state index >= 15 is 0 Å². The monoisotopic (exact) mass is 678 g/mol. The Kier molecular flexibility index (Phi) is 8.95. The summed E-state index contributed by atoms with van der Waals surface area (Å²) in [6.07, 6.45) is 1.58. The van der Waals surface area contributed by atoms with Crippen LogP contribution >= 0.6 is 34.2 Å². The van der Waals surface area contributed by atoms with Gasteiger partial charge in [0.05, 0.1) is 27.3 Å². The van der Waals surface area contributed by atoms with Crippen molar-refractivity contribution in [2.24, 2.45) is 5.10 Å². The number of aromatic nitrogens is 2. The maximum atomic E-state index is 13.4. The van der Waals surface area contributed by atoms with Crippen LogP contribution in [0.3, 0.4) is 0 Å². The normalized spacial score (nSPS) is 11.1. The maximum Gasteiger partial charge on any atom is 0.282 e. The van der Waals surface area contributed by atoms with Crippen molar-refractivity contribution >= 4 is 62.9 Å². The largest absolute Gasteiger partial charge is 0.490 e. The minimum Gasteiger partial charge on any atom is -0.490 e. The average molecular weight is 679 g/mol. The van der Waals surface area contributed by atoms with E-state index < -0.39 is 0 Å². The highest BCUT2D eigenvalue weighted by Crippen LogP contribution is 2.34. The highest BCUT2D eigenvalue weighted by Gasteiger charge is 2.15. The molecule has 5 rings (SSSR count). The summed E-state index contributed by atoms with van der Waals surface area (Å²) < 4.78 is 13.7. The van der Waals surface area contributed by atoms with Crippen LogP contribution in [0.2, 0.25) is 5.02 Å². The van der Waals surface area contributed by atoms with Crippen molar-refractivity contribution in [2.75, 3.05) is 18.5 Å². The average Bonchev–Trinajstić information content (AvgIpc) is 2.98. The van der Waals surface area contributed by atoms with Crippen LogP contribution in [-0.4, -0.2) is 35.0 Å². The van der Waals surface area contributed by atoms with Gasteiger partial charge < -0.3 is 14.8 Å². The number of amides is 1. The van der Waals surface area contributed by atoms with Gasteiger partial charge in [-0.3, -0.25) is 9.59 Å². The first-order valence-electron chi connectivity index (χ1n) is 12.7. The Labute approximate surface area is 254 Å². The number of fused-ring (bicyclic) bond motifs is 1. The van der Waals surface area contributed by atoms with Crippen molar-refractivity contribution in [2.45, 2.75) is 6.92 Å². The Morgan fingerprint density at radius 2 is 1.76 bits per heavy atom. The Morgan fingerprint density at radius 3 is 2.51 bits per heavy atom. The molecule has 206 valence electrons. The fourth-order valence-corrected chi connectivity index (χ4v) is 4.97. The standard InChI is InChI=1S/C31H24ClIN4O4/c1-2-40-27-17-20(16-25(33)29(27)41-19-28(38)35-23-14-12-22(32)13-15-23)18-34-37-30(21-8-4-3-5-9-21)36-26-11-7-6-10-24(26)31(37)39/h3-18H,2,19H2,1H3,(H,35,38). The maximum absolute atomic E-state index is 13.4. The van der Waals surface area contributed by atoms with Gasteiger partial charge in [-0.15, -0.1) is 0 Å². The molecule has 0 radical (unpaired) electrons. The van der Waals surface area contributed by atoms with Crippen LogP contribution in [0, 0.1) is 3.57 Å². The van der Waals surface area contributed by atoms with Crippen molar-refractivity contribution < 1.29 is 14.3 Å². The molecule has 1 heterocycles. The Bertz CT molecular complexity index is 1790. The number of hydrogen-bond acceptors (Lipinski definition) is 6. The van der Waals surface area contributed by atoms with Gasteiger partial charge in [0.2, 0.25) is 0 Å². The minimum atomic E-state index is -0.326. The van der Waals surface area contributed by atoms with Crippen LogP contribution in [0.1, 0.15) is 12.5 Å². The van der Waals surface area contributed by atoms with Crippen LogP contribution < -0.4 is 20.3 Å². The molecule has 0 aliphatic heterocycles. The van der Waals surface area contributed by atoms with Crippen LogP contribution in [0.15, 0.2) is 101 Å². The first-order valence-corrected chi connectivity index (χ1v) is 14.1. The molecule has 0 atom stereocenters. The number of rotatable bonds is 9.